The molecule has 4 aromatic rings. The molecule has 0 amide bonds. The summed E-state index contributed by atoms with van der Waals surface area (Å²) in [4.78, 5) is 9.48. The van der Waals surface area contributed by atoms with Gasteiger partial charge in [-0.1, -0.05) is 26.0 Å². The number of para-hydroxylation sites is 1. The van der Waals surface area contributed by atoms with Gasteiger partial charge in [-0.05, 0) is 48.7 Å². The van der Waals surface area contributed by atoms with Gasteiger partial charge in [0.05, 0.1) is 11.1 Å². The van der Waals surface area contributed by atoms with E-state index in [1.807, 2.05) is 79.3 Å². The molecule has 0 aliphatic carbocycles. The van der Waals surface area contributed by atoms with Crippen LogP contribution in [0.5, 0.6) is 0 Å². The van der Waals surface area contributed by atoms with Crippen molar-refractivity contribution in [3.8, 4) is 16.9 Å². The molecule has 5 heteroatoms. The average molecular weight is 562 g/mol. The summed E-state index contributed by atoms with van der Waals surface area (Å²) in [6, 6.07) is 24.4. The maximum absolute atomic E-state index is 4.94. The molecule has 4 nitrogen and oxygen atoms in total. The van der Waals surface area contributed by atoms with Crippen LogP contribution in [0.3, 0.4) is 0 Å². The van der Waals surface area contributed by atoms with Crippen molar-refractivity contribution in [1.82, 2.24) is 19.7 Å². The van der Waals surface area contributed by atoms with Crippen molar-refractivity contribution in [2.24, 2.45) is 0 Å². The quantitative estimate of drug-likeness (QED) is 0.334. The Morgan fingerprint density at radius 2 is 1.72 bits per heavy atom. The molecule has 0 aliphatic rings. The predicted molar refractivity (Wildman–Crippen MR) is 110 cm³/mol. The number of aryl methyl sites for hydroxylation is 2. The van der Waals surface area contributed by atoms with E-state index in [0.717, 1.165) is 39.7 Å². The molecule has 3 heterocycles. The fourth-order valence-electron chi connectivity index (χ4n) is 3.26. The topological polar surface area (TPSA) is 43.6 Å². The molecule has 0 saturated heterocycles. The molecule has 0 atom stereocenters. The van der Waals surface area contributed by atoms with Crippen LogP contribution in [0.15, 0.2) is 60.8 Å². The Balaban J connectivity index is 0.00000240. The van der Waals surface area contributed by atoms with Crippen LogP contribution in [-0.4, -0.2) is 19.7 Å². The van der Waals surface area contributed by atoms with Gasteiger partial charge in [-0.25, -0.2) is 0 Å². The molecule has 3 aromatic heterocycles. The van der Waals surface area contributed by atoms with Gasteiger partial charge in [0.15, 0.2) is 0 Å². The van der Waals surface area contributed by atoms with E-state index in [-0.39, 0.29) is 26.5 Å². The number of aromatic nitrogens is 4. The van der Waals surface area contributed by atoms with Gasteiger partial charge in [0.1, 0.15) is 0 Å². The normalized spacial score (nSPS) is 11.2. The Morgan fingerprint density at radius 3 is 2.45 bits per heavy atom. The zero-order chi connectivity index (χ0) is 19.7. The smallest absolute Gasteiger partial charge is 0.354 e. The van der Waals surface area contributed by atoms with Crippen LogP contribution in [0.1, 0.15) is 36.6 Å². The molecule has 4 rings (SSSR count). The summed E-state index contributed by atoms with van der Waals surface area (Å²) >= 11 is 0. The van der Waals surface area contributed by atoms with Crippen LogP contribution in [0, 0.1) is 26.0 Å². The van der Waals surface area contributed by atoms with Gasteiger partial charge in [-0.15, -0.1) is 23.8 Å². The molecule has 0 saturated carbocycles. The van der Waals surface area contributed by atoms with Crippen LogP contribution < -0.4 is 0 Å². The van der Waals surface area contributed by atoms with Gasteiger partial charge >= 0.3 is 21.1 Å². The summed E-state index contributed by atoms with van der Waals surface area (Å²) < 4.78 is 1.85. The summed E-state index contributed by atoms with van der Waals surface area (Å²) in [6.07, 6.45) is 1.97. The zero-order valence-electron chi connectivity index (χ0n) is 16.9. The Labute approximate surface area is 186 Å². The summed E-state index contributed by atoms with van der Waals surface area (Å²) in [5.41, 5.74) is 6.20. The average Bonchev–Trinajstić information content (AvgIpc) is 3.20. The first kappa shape index (κ1) is 21.1. The molecule has 0 radical (unpaired) electrons. The number of rotatable bonds is 4. The van der Waals surface area contributed by atoms with Crippen LogP contribution in [0.4, 0.5) is 0 Å². The summed E-state index contributed by atoms with van der Waals surface area (Å²) in [5, 5.41) is 4.79. The van der Waals surface area contributed by atoms with Crippen LogP contribution >= 0.6 is 0 Å². The third-order valence-corrected chi connectivity index (χ3v) is 4.95. The van der Waals surface area contributed by atoms with Crippen molar-refractivity contribution in [1.29, 1.82) is 0 Å². The van der Waals surface area contributed by atoms with Gasteiger partial charge < -0.3 is 9.97 Å². The van der Waals surface area contributed by atoms with Crippen molar-refractivity contribution in [3.05, 3.63) is 95.7 Å². The monoisotopic (exact) mass is 561 g/mol. The van der Waals surface area contributed by atoms with Crippen LogP contribution in [0.2, 0.25) is 0 Å². The molecule has 0 spiro atoms. The van der Waals surface area contributed by atoms with Crippen molar-refractivity contribution in [2.45, 2.75) is 33.1 Å². The first-order valence-corrected chi connectivity index (χ1v) is 9.32. The summed E-state index contributed by atoms with van der Waals surface area (Å²) in [6.45, 7) is 8.26. The summed E-state index contributed by atoms with van der Waals surface area (Å²) in [5.74, 6) is 0. The zero-order valence-corrected chi connectivity index (χ0v) is 19.2. The van der Waals surface area contributed by atoms with Gasteiger partial charge in [0.25, 0.3) is 0 Å². The predicted octanol–water partition coefficient (Wildman–Crippen LogP) is 4.87. The number of benzene rings is 1. The summed E-state index contributed by atoms with van der Waals surface area (Å²) in [7, 11) is 0. The first-order chi connectivity index (χ1) is 13.4. The van der Waals surface area contributed by atoms with E-state index in [2.05, 4.69) is 31.0 Å². The number of hydrogen-bond donors (Lipinski definition) is 0. The maximum Gasteiger partial charge on any atom is 2.00 e. The van der Waals surface area contributed by atoms with Gasteiger partial charge in [0.2, 0.25) is 0 Å². The maximum atomic E-state index is 4.94. The minimum absolute atomic E-state index is 0. The van der Waals surface area contributed by atoms with E-state index in [1.54, 1.807) is 0 Å². The second kappa shape index (κ2) is 8.42. The molecule has 0 N–H and O–H groups in total. The Bertz CT molecular complexity index is 1120. The Kier molecular flexibility index (Phi) is 6.14. The molecule has 0 fully saturated rings. The van der Waals surface area contributed by atoms with Crippen molar-refractivity contribution in [3.63, 3.8) is 0 Å². The van der Waals surface area contributed by atoms with E-state index in [0.29, 0.717) is 0 Å². The third kappa shape index (κ3) is 4.23. The third-order valence-electron chi connectivity index (χ3n) is 4.95. The standard InChI is InChI=1S/C24H22N4.Pt/c1-17-13-14-20(18(2)25-17)21-11-8-12-22(26-21)24(3,4)23-15-16-28(27-23)19-9-6-5-7-10-19;/h5-9,11-13,15-16H,1-4H3;/q-2;+2. The van der Waals surface area contributed by atoms with E-state index >= 15 is 0 Å². The van der Waals surface area contributed by atoms with Crippen LogP contribution in [-0.2, 0) is 26.5 Å². The Hall–Kier alpha value is -2.58. The molecule has 29 heavy (non-hydrogen) atoms. The largest absolute Gasteiger partial charge is 2.00 e. The molecule has 0 bridgehead atoms. The fourth-order valence-corrected chi connectivity index (χ4v) is 3.26. The van der Waals surface area contributed by atoms with Crippen molar-refractivity contribution in [2.75, 3.05) is 0 Å². The van der Waals surface area contributed by atoms with E-state index < -0.39 is 0 Å². The number of hydrogen-bond acceptors (Lipinski definition) is 3. The molecule has 1 aromatic carbocycles. The molecular formula is C24H22N4Pt. The minimum Gasteiger partial charge on any atom is -0.354 e. The number of pyridine rings is 2. The van der Waals surface area contributed by atoms with Gasteiger partial charge in [-0.3, -0.25) is 4.68 Å². The molecule has 0 aliphatic heterocycles. The van der Waals surface area contributed by atoms with Crippen molar-refractivity contribution < 1.29 is 21.1 Å². The first-order valence-electron chi connectivity index (χ1n) is 9.32. The SMILES string of the molecule is Cc1c[c-]c(-c2cccc(C(C)(C)c3ccn(-c4[c-]cccc4)n3)n2)c(C)n1.[Pt+2]. The Morgan fingerprint density at radius 1 is 0.897 bits per heavy atom. The molecule has 0 unspecified atom stereocenters. The second-order valence-electron chi connectivity index (χ2n) is 7.43. The fraction of sp³-hybridized carbons (Fsp3) is 0.208. The van der Waals surface area contributed by atoms with Gasteiger partial charge in [0, 0.05) is 11.9 Å². The van der Waals surface area contributed by atoms with Gasteiger partial charge in [-0.2, -0.15) is 29.4 Å². The molecule has 148 valence electrons. The minimum atomic E-state index is -0.345. The number of nitrogens with zero attached hydrogens (tertiary/aromatic N) is 4. The second-order valence-corrected chi connectivity index (χ2v) is 7.43. The molecular weight excluding hydrogens is 539 g/mol. The van der Waals surface area contributed by atoms with Crippen LogP contribution in [0.25, 0.3) is 16.9 Å². The van der Waals surface area contributed by atoms with Crippen molar-refractivity contribution >= 4 is 0 Å². The van der Waals surface area contributed by atoms with E-state index in [4.69, 9.17) is 10.1 Å². The van der Waals surface area contributed by atoms with E-state index in [1.165, 1.54) is 0 Å². The van der Waals surface area contributed by atoms with E-state index in [9.17, 15) is 0 Å².